The molecule has 1 spiro atoms. The minimum absolute atomic E-state index is 0.519. The minimum Gasteiger partial charge on any atom is -0.383 e. The zero-order chi connectivity index (χ0) is 21.5. The third kappa shape index (κ3) is 3.80. The summed E-state index contributed by atoms with van der Waals surface area (Å²) in [6.45, 7) is 5.43. The third-order valence-corrected chi connectivity index (χ3v) is 6.60. The average Bonchev–Trinajstić information content (AvgIpc) is 3.45. The Kier molecular flexibility index (Phi) is 5.16. The van der Waals surface area contributed by atoms with E-state index in [9.17, 15) is 5.11 Å². The number of aromatic nitrogens is 3. The zero-order valence-corrected chi connectivity index (χ0v) is 18.2. The van der Waals surface area contributed by atoms with Gasteiger partial charge in [-0.25, -0.2) is 4.68 Å². The molecule has 1 aromatic carbocycles. The lowest BCUT2D eigenvalue weighted by atomic mass is 9.79. The SMILES string of the molecule is CCc1ccc(-c2cc(C3(O)CCC4(CC3)OCCO4)nn2-c2ccc(C)cc2)cn1. The molecule has 31 heavy (non-hydrogen) atoms. The summed E-state index contributed by atoms with van der Waals surface area (Å²) in [5, 5.41) is 16.4. The van der Waals surface area contributed by atoms with Crippen molar-refractivity contribution in [3.63, 3.8) is 0 Å². The van der Waals surface area contributed by atoms with Crippen LogP contribution < -0.4 is 0 Å². The van der Waals surface area contributed by atoms with Gasteiger partial charge in [-0.2, -0.15) is 5.10 Å². The van der Waals surface area contributed by atoms with Gasteiger partial charge in [-0.15, -0.1) is 0 Å². The van der Waals surface area contributed by atoms with Gasteiger partial charge in [-0.1, -0.05) is 24.6 Å². The maximum absolute atomic E-state index is 11.5. The number of benzene rings is 1. The summed E-state index contributed by atoms with van der Waals surface area (Å²) in [6, 6.07) is 14.4. The Labute approximate surface area is 182 Å². The zero-order valence-electron chi connectivity index (χ0n) is 18.2. The quantitative estimate of drug-likeness (QED) is 0.682. The van der Waals surface area contributed by atoms with Crippen molar-refractivity contribution < 1.29 is 14.6 Å². The van der Waals surface area contributed by atoms with Crippen LogP contribution in [0.4, 0.5) is 0 Å². The second-order valence-electron chi connectivity index (χ2n) is 8.69. The largest absolute Gasteiger partial charge is 0.383 e. The van der Waals surface area contributed by atoms with E-state index < -0.39 is 11.4 Å². The van der Waals surface area contributed by atoms with E-state index in [2.05, 4.69) is 55.2 Å². The van der Waals surface area contributed by atoms with Crippen LogP contribution in [0.3, 0.4) is 0 Å². The number of hydrogen-bond acceptors (Lipinski definition) is 5. The highest BCUT2D eigenvalue weighted by atomic mass is 16.7. The molecule has 3 aromatic rings. The first-order valence-electron chi connectivity index (χ1n) is 11.1. The Morgan fingerprint density at radius 3 is 2.32 bits per heavy atom. The van der Waals surface area contributed by atoms with E-state index in [0.29, 0.717) is 44.6 Å². The molecule has 5 rings (SSSR count). The molecule has 1 aliphatic carbocycles. The molecule has 3 heterocycles. The first-order valence-corrected chi connectivity index (χ1v) is 11.1. The molecule has 2 fully saturated rings. The molecule has 0 unspecified atom stereocenters. The van der Waals surface area contributed by atoms with Crippen molar-refractivity contribution in [3.05, 3.63) is 65.6 Å². The number of nitrogens with zero attached hydrogens (tertiary/aromatic N) is 3. The van der Waals surface area contributed by atoms with Gasteiger partial charge < -0.3 is 14.6 Å². The number of pyridine rings is 1. The molecule has 0 bridgehead atoms. The molecule has 0 atom stereocenters. The second kappa shape index (κ2) is 7.86. The summed E-state index contributed by atoms with van der Waals surface area (Å²) in [7, 11) is 0. The van der Waals surface area contributed by atoms with Crippen LogP contribution in [0.15, 0.2) is 48.7 Å². The molecule has 1 aliphatic heterocycles. The van der Waals surface area contributed by atoms with Crippen molar-refractivity contribution in [1.29, 1.82) is 0 Å². The molecule has 1 saturated heterocycles. The summed E-state index contributed by atoms with van der Waals surface area (Å²) in [4.78, 5) is 4.57. The number of ether oxygens (including phenoxy) is 2. The van der Waals surface area contributed by atoms with Gasteiger partial charge in [-0.05, 0) is 56.5 Å². The van der Waals surface area contributed by atoms with Crippen molar-refractivity contribution in [2.24, 2.45) is 0 Å². The van der Waals surface area contributed by atoms with Crippen LogP contribution >= 0.6 is 0 Å². The molecule has 162 valence electrons. The Balaban J connectivity index is 1.53. The lowest BCUT2D eigenvalue weighted by molar-refractivity contribution is -0.204. The lowest BCUT2D eigenvalue weighted by Gasteiger charge is -2.39. The molecule has 6 nitrogen and oxygen atoms in total. The highest BCUT2D eigenvalue weighted by molar-refractivity contribution is 5.62. The smallest absolute Gasteiger partial charge is 0.168 e. The Morgan fingerprint density at radius 1 is 1.00 bits per heavy atom. The molecule has 2 aromatic heterocycles. The Bertz CT molecular complexity index is 1040. The van der Waals surface area contributed by atoms with Crippen molar-refractivity contribution in [2.75, 3.05) is 13.2 Å². The van der Waals surface area contributed by atoms with Gasteiger partial charge in [0.25, 0.3) is 0 Å². The van der Waals surface area contributed by atoms with Crippen LogP contribution in [-0.2, 0) is 21.5 Å². The van der Waals surface area contributed by atoms with Crippen molar-refractivity contribution in [3.8, 4) is 16.9 Å². The van der Waals surface area contributed by atoms with E-state index in [1.54, 1.807) is 0 Å². The van der Waals surface area contributed by atoms with Crippen LogP contribution in [-0.4, -0.2) is 38.9 Å². The normalized spacial score (nSPS) is 19.7. The second-order valence-corrected chi connectivity index (χ2v) is 8.69. The summed E-state index contributed by atoms with van der Waals surface area (Å²) >= 11 is 0. The summed E-state index contributed by atoms with van der Waals surface area (Å²) < 4.78 is 13.6. The fraction of sp³-hybridized carbons (Fsp3) is 0.440. The number of rotatable bonds is 4. The van der Waals surface area contributed by atoms with Crippen LogP contribution in [0.1, 0.15) is 49.6 Å². The molecular weight excluding hydrogens is 390 g/mol. The van der Waals surface area contributed by atoms with Crippen LogP contribution in [0.2, 0.25) is 0 Å². The standard InChI is InChI=1S/C25H29N3O3/c1-3-20-7-6-19(17-26-20)22-16-23(27-28(22)21-8-4-18(2)5-9-21)24(29)10-12-25(13-11-24)30-14-15-31-25/h4-9,16-17,29H,3,10-15H2,1-2H3. The van der Waals surface area contributed by atoms with Crippen molar-refractivity contribution >= 4 is 0 Å². The van der Waals surface area contributed by atoms with Gasteiger partial charge in [0, 0.05) is 30.3 Å². The molecule has 0 amide bonds. The van der Waals surface area contributed by atoms with E-state index in [-0.39, 0.29) is 0 Å². The molecule has 6 heteroatoms. The van der Waals surface area contributed by atoms with Crippen molar-refractivity contribution in [1.82, 2.24) is 14.8 Å². The summed E-state index contributed by atoms with van der Waals surface area (Å²) in [6.07, 6.45) is 5.25. The van der Waals surface area contributed by atoms with E-state index in [4.69, 9.17) is 14.6 Å². The topological polar surface area (TPSA) is 69.4 Å². The van der Waals surface area contributed by atoms with Gasteiger partial charge >= 0.3 is 0 Å². The predicted octanol–water partition coefficient (Wildman–Crippen LogP) is 4.31. The average molecular weight is 420 g/mol. The van der Waals surface area contributed by atoms with E-state index in [1.807, 2.05) is 16.9 Å². The number of aryl methyl sites for hydroxylation is 2. The first kappa shape index (κ1) is 20.4. The fourth-order valence-electron chi connectivity index (χ4n) is 4.57. The predicted molar refractivity (Wildman–Crippen MR) is 118 cm³/mol. The van der Waals surface area contributed by atoms with Gasteiger partial charge in [0.05, 0.1) is 30.3 Å². The van der Waals surface area contributed by atoms with Crippen LogP contribution in [0.5, 0.6) is 0 Å². The molecule has 0 radical (unpaired) electrons. The molecule has 2 aliphatic rings. The van der Waals surface area contributed by atoms with E-state index >= 15 is 0 Å². The highest BCUT2D eigenvalue weighted by Gasteiger charge is 2.47. The monoisotopic (exact) mass is 419 g/mol. The highest BCUT2D eigenvalue weighted by Crippen LogP contribution is 2.45. The summed E-state index contributed by atoms with van der Waals surface area (Å²) in [5.74, 6) is -0.519. The molecule has 1 saturated carbocycles. The molecule has 1 N–H and O–H groups in total. The van der Waals surface area contributed by atoms with Gasteiger partial charge in [0.1, 0.15) is 5.60 Å². The number of hydrogen-bond donors (Lipinski definition) is 1. The summed E-state index contributed by atoms with van der Waals surface area (Å²) in [5.41, 5.74) is 4.81. The third-order valence-electron chi connectivity index (χ3n) is 6.60. The Morgan fingerprint density at radius 2 is 1.71 bits per heavy atom. The van der Waals surface area contributed by atoms with E-state index in [0.717, 1.165) is 29.1 Å². The maximum atomic E-state index is 11.5. The van der Waals surface area contributed by atoms with Gasteiger partial charge in [0.2, 0.25) is 0 Å². The van der Waals surface area contributed by atoms with Crippen molar-refractivity contribution in [2.45, 2.75) is 57.3 Å². The van der Waals surface area contributed by atoms with Gasteiger partial charge in [0.15, 0.2) is 5.79 Å². The Hall–Kier alpha value is -2.54. The minimum atomic E-state index is -0.998. The number of aliphatic hydroxyl groups is 1. The van der Waals surface area contributed by atoms with E-state index in [1.165, 1.54) is 5.56 Å². The maximum Gasteiger partial charge on any atom is 0.168 e. The van der Waals surface area contributed by atoms with Crippen LogP contribution in [0, 0.1) is 6.92 Å². The fourth-order valence-corrected chi connectivity index (χ4v) is 4.57. The first-order chi connectivity index (χ1) is 15.0. The van der Waals surface area contributed by atoms with Crippen LogP contribution in [0.25, 0.3) is 16.9 Å². The van der Waals surface area contributed by atoms with Gasteiger partial charge in [-0.3, -0.25) is 4.98 Å². The molecular formula is C25H29N3O3. The lowest BCUT2D eigenvalue weighted by Crippen LogP contribution is -2.42.